The van der Waals surface area contributed by atoms with Crippen LogP contribution in [0.4, 0.5) is 0 Å². The highest BCUT2D eigenvalue weighted by atomic mass is 16.5. The molecule has 0 saturated carbocycles. The predicted molar refractivity (Wildman–Crippen MR) is 113 cm³/mol. The van der Waals surface area contributed by atoms with Crippen molar-refractivity contribution in [3.8, 4) is 0 Å². The first-order valence-corrected chi connectivity index (χ1v) is 10.6. The summed E-state index contributed by atoms with van der Waals surface area (Å²) in [5, 5.41) is 6.80. The largest absolute Gasteiger partial charge is 0.469 e. The van der Waals surface area contributed by atoms with Crippen LogP contribution in [0, 0.1) is 5.92 Å². The average Bonchev–Trinajstić information content (AvgIpc) is 3.25. The number of hydrogen-bond donors (Lipinski definition) is 2. The van der Waals surface area contributed by atoms with Crippen LogP contribution in [-0.4, -0.2) is 76.6 Å². The highest BCUT2D eigenvalue weighted by molar-refractivity contribution is 5.79. The lowest BCUT2D eigenvalue weighted by Gasteiger charge is -2.38. The molecular weight excluding hydrogens is 356 g/mol. The third kappa shape index (κ3) is 7.81. The second kappa shape index (κ2) is 13.6. The van der Waals surface area contributed by atoms with E-state index in [0.29, 0.717) is 18.6 Å². The third-order valence-corrected chi connectivity index (χ3v) is 5.39. The number of rotatable bonds is 12. The van der Waals surface area contributed by atoms with Crippen molar-refractivity contribution in [2.75, 3.05) is 59.7 Å². The molecule has 1 unspecified atom stereocenters. The van der Waals surface area contributed by atoms with Gasteiger partial charge in [0.15, 0.2) is 5.96 Å². The maximum atomic E-state index is 5.55. The minimum Gasteiger partial charge on any atom is -0.469 e. The molecule has 0 spiro atoms. The Labute approximate surface area is 169 Å². The van der Waals surface area contributed by atoms with E-state index < -0.39 is 0 Å². The van der Waals surface area contributed by atoms with E-state index >= 15 is 0 Å². The molecule has 1 aromatic heterocycles. The molecule has 1 atom stereocenters. The smallest absolute Gasteiger partial charge is 0.191 e. The highest BCUT2D eigenvalue weighted by Crippen LogP contribution is 2.20. The number of guanidine groups is 1. The van der Waals surface area contributed by atoms with Crippen LogP contribution in [0.15, 0.2) is 27.8 Å². The molecule has 2 heterocycles. The molecule has 0 radical (unpaired) electrons. The molecule has 1 aromatic rings. The van der Waals surface area contributed by atoms with E-state index in [0.717, 1.165) is 64.1 Å². The number of furan rings is 1. The van der Waals surface area contributed by atoms with E-state index in [1.165, 1.54) is 12.8 Å². The standard InChI is InChI=1S/C21H38N4O3/c1-4-18(5-2)20(25-11-15-27-16-12-25)17-24-21(23-10-14-26-3)22-9-8-19-7-6-13-28-19/h6-7,13,18,20H,4-5,8-12,14-17H2,1-3H3,(H2,22,23,24). The fraction of sp³-hybridized carbons (Fsp3) is 0.762. The van der Waals surface area contributed by atoms with Gasteiger partial charge in [-0.3, -0.25) is 9.89 Å². The Bertz CT molecular complexity index is 526. The molecule has 160 valence electrons. The van der Waals surface area contributed by atoms with E-state index in [4.69, 9.17) is 18.9 Å². The first-order valence-electron chi connectivity index (χ1n) is 10.6. The first-order chi connectivity index (χ1) is 13.8. The van der Waals surface area contributed by atoms with Gasteiger partial charge in [0.2, 0.25) is 0 Å². The molecule has 7 nitrogen and oxygen atoms in total. The summed E-state index contributed by atoms with van der Waals surface area (Å²) in [6, 6.07) is 4.37. The summed E-state index contributed by atoms with van der Waals surface area (Å²) >= 11 is 0. The summed E-state index contributed by atoms with van der Waals surface area (Å²) in [5.74, 6) is 2.46. The van der Waals surface area contributed by atoms with Gasteiger partial charge in [0, 0.05) is 45.8 Å². The van der Waals surface area contributed by atoms with Crippen molar-refractivity contribution < 1.29 is 13.9 Å². The van der Waals surface area contributed by atoms with E-state index in [1.807, 2.05) is 12.1 Å². The van der Waals surface area contributed by atoms with Crippen LogP contribution in [0.2, 0.25) is 0 Å². The summed E-state index contributed by atoms with van der Waals surface area (Å²) in [6.07, 6.45) is 4.89. The van der Waals surface area contributed by atoms with Crippen molar-refractivity contribution in [2.45, 2.75) is 39.2 Å². The zero-order valence-electron chi connectivity index (χ0n) is 17.8. The van der Waals surface area contributed by atoms with Crippen LogP contribution in [0.3, 0.4) is 0 Å². The van der Waals surface area contributed by atoms with Crippen molar-refractivity contribution in [1.82, 2.24) is 15.5 Å². The van der Waals surface area contributed by atoms with Crippen LogP contribution in [0.5, 0.6) is 0 Å². The Hall–Kier alpha value is -1.57. The number of ether oxygens (including phenoxy) is 2. The molecule has 28 heavy (non-hydrogen) atoms. The number of morpholine rings is 1. The number of aliphatic imine (C=N–C) groups is 1. The van der Waals surface area contributed by atoms with Gasteiger partial charge in [-0.2, -0.15) is 0 Å². The second-order valence-electron chi connectivity index (χ2n) is 7.16. The van der Waals surface area contributed by atoms with Gasteiger partial charge >= 0.3 is 0 Å². The minimum absolute atomic E-state index is 0.449. The van der Waals surface area contributed by atoms with Gasteiger partial charge in [-0.05, 0) is 18.1 Å². The van der Waals surface area contributed by atoms with Crippen LogP contribution < -0.4 is 10.6 Å². The summed E-state index contributed by atoms with van der Waals surface area (Å²) in [7, 11) is 1.71. The van der Waals surface area contributed by atoms with Gasteiger partial charge in [-0.25, -0.2) is 0 Å². The first kappa shape index (κ1) is 22.7. The molecule has 0 bridgehead atoms. The SMILES string of the molecule is CCC(CC)C(CN=C(NCCOC)NCCc1ccco1)N1CCOCC1. The maximum Gasteiger partial charge on any atom is 0.191 e. The van der Waals surface area contributed by atoms with Crippen LogP contribution in [0.25, 0.3) is 0 Å². The number of nitrogens with one attached hydrogen (secondary N) is 2. The average molecular weight is 395 g/mol. The monoisotopic (exact) mass is 394 g/mol. The van der Waals surface area contributed by atoms with E-state index in [2.05, 4.69) is 29.4 Å². The van der Waals surface area contributed by atoms with Crippen LogP contribution in [-0.2, 0) is 15.9 Å². The van der Waals surface area contributed by atoms with E-state index in [9.17, 15) is 0 Å². The normalized spacial score (nSPS) is 17.1. The number of hydrogen-bond acceptors (Lipinski definition) is 5. The lowest BCUT2D eigenvalue weighted by molar-refractivity contribution is 0.00395. The Kier molecular flexibility index (Phi) is 11.0. The van der Waals surface area contributed by atoms with Gasteiger partial charge in [0.25, 0.3) is 0 Å². The summed E-state index contributed by atoms with van der Waals surface area (Å²) < 4.78 is 16.1. The van der Waals surface area contributed by atoms with Crippen molar-refractivity contribution >= 4 is 5.96 Å². The Balaban J connectivity index is 1.97. The van der Waals surface area contributed by atoms with E-state index in [-0.39, 0.29) is 0 Å². The van der Waals surface area contributed by atoms with Crippen molar-refractivity contribution in [2.24, 2.45) is 10.9 Å². The third-order valence-electron chi connectivity index (χ3n) is 5.39. The molecule has 1 aliphatic rings. The van der Waals surface area contributed by atoms with Gasteiger partial charge in [0.05, 0.1) is 32.6 Å². The highest BCUT2D eigenvalue weighted by Gasteiger charge is 2.26. The van der Waals surface area contributed by atoms with Gasteiger partial charge in [-0.1, -0.05) is 26.7 Å². The Morgan fingerprint density at radius 1 is 1.21 bits per heavy atom. The summed E-state index contributed by atoms with van der Waals surface area (Å²) in [4.78, 5) is 7.49. The molecule has 0 aromatic carbocycles. The molecule has 1 saturated heterocycles. The predicted octanol–water partition coefficient (Wildman–Crippen LogP) is 2.14. The molecule has 2 N–H and O–H groups in total. The van der Waals surface area contributed by atoms with Crippen LogP contribution >= 0.6 is 0 Å². The second-order valence-corrected chi connectivity index (χ2v) is 7.16. The minimum atomic E-state index is 0.449. The molecular formula is C21H38N4O3. The molecule has 2 rings (SSSR count). The lowest BCUT2D eigenvalue weighted by Crippen LogP contribution is -2.49. The van der Waals surface area contributed by atoms with Gasteiger partial charge < -0.3 is 24.5 Å². The zero-order valence-corrected chi connectivity index (χ0v) is 17.8. The summed E-state index contributed by atoms with van der Waals surface area (Å²) in [5.41, 5.74) is 0. The molecule has 0 amide bonds. The summed E-state index contributed by atoms with van der Waals surface area (Å²) in [6.45, 7) is 11.1. The molecule has 1 fully saturated rings. The topological polar surface area (TPSA) is 71.3 Å². The fourth-order valence-corrected chi connectivity index (χ4v) is 3.69. The number of methoxy groups -OCH3 is 1. The van der Waals surface area contributed by atoms with Gasteiger partial charge in [-0.15, -0.1) is 0 Å². The number of nitrogens with zero attached hydrogens (tertiary/aromatic N) is 2. The molecule has 7 heteroatoms. The fourth-order valence-electron chi connectivity index (χ4n) is 3.69. The van der Waals surface area contributed by atoms with Crippen LogP contribution in [0.1, 0.15) is 32.4 Å². The van der Waals surface area contributed by atoms with Crippen molar-refractivity contribution in [3.63, 3.8) is 0 Å². The lowest BCUT2D eigenvalue weighted by atomic mass is 9.92. The van der Waals surface area contributed by atoms with E-state index in [1.54, 1.807) is 13.4 Å². The van der Waals surface area contributed by atoms with Crippen molar-refractivity contribution in [3.05, 3.63) is 24.2 Å². The molecule has 0 aliphatic carbocycles. The van der Waals surface area contributed by atoms with Gasteiger partial charge in [0.1, 0.15) is 5.76 Å². The maximum absolute atomic E-state index is 5.55. The zero-order chi connectivity index (χ0) is 20.0. The quantitative estimate of drug-likeness (QED) is 0.322. The Morgan fingerprint density at radius 2 is 1.96 bits per heavy atom. The molecule has 1 aliphatic heterocycles. The Morgan fingerprint density at radius 3 is 2.61 bits per heavy atom. The van der Waals surface area contributed by atoms with Crippen molar-refractivity contribution in [1.29, 1.82) is 0 Å².